The minimum absolute atomic E-state index is 0.125. The molecule has 1 aromatic rings. The normalized spacial score (nSPS) is 17.8. The van der Waals surface area contributed by atoms with Crippen LogP contribution in [-0.2, 0) is 16.0 Å². The summed E-state index contributed by atoms with van der Waals surface area (Å²) in [6.45, 7) is 4.07. The van der Waals surface area contributed by atoms with E-state index in [0.29, 0.717) is 18.8 Å². The van der Waals surface area contributed by atoms with Gasteiger partial charge in [-0.25, -0.2) is 0 Å². The molecule has 0 bridgehead atoms. The topological polar surface area (TPSA) is 70.2 Å². The number of anilines is 1. The van der Waals surface area contributed by atoms with E-state index in [2.05, 4.69) is 16.0 Å². The highest BCUT2D eigenvalue weighted by Crippen LogP contribution is 2.25. The van der Waals surface area contributed by atoms with Crippen LogP contribution in [0.25, 0.3) is 0 Å². The molecule has 1 heterocycles. The van der Waals surface area contributed by atoms with E-state index >= 15 is 0 Å². The van der Waals surface area contributed by atoms with Crippen molar-refractivity contribution < 1.29 is 9.59 Å². The molecular weight excluding hydrogens is 266 g/mol. The zero-order chi connectivity index (χ0) is 15.4. The summed E-state index contributed by atoms with van der Waals surface area (Å²) in [5.74, 6) is 0.0642. The van der Waals surface area contributed by atoms with Crippen molar-refractivity contribution in [3.63, 3.8) is 0 Å². The Hall–Kier alpha value is -2.04. The van der Waals surface area contributed by atoms with Crippen LogP contribution < -0.4 is 16.0 Å². The van der Waals surface area contributed by atoms with Crippen LogP contribution in [-0.4, -0.2) is 30.9 Å². The van der Waals surface area contributed by atoms with Gasteiger partial charge in [0.15, 0.2) is 0 Å². The fourth-order valence-electron chi connectivity index (χ4n) is 2.61. The minimum atomic E-state index is -0.479. The third kappa shape index (κ3) is 3.74. The van der Waals surface area contributed by atoms with Crippen LogP contribution in [0.4, 0.5) is 5.69 Å². The van der Waals surface area contributed by atoms with Gasteiger partial charge in [0.25, 0.3) is 0 Å². The standard InChI is InChI=1S/C16H23N3O2/c1-10(2)8-13(15(20)17-3)19-16(21)14-9-11-6-4-5-7-12(11)18-14/h4-7,10,13-14,18H,8-9H2,1-3H3,(H,17,20)(H,19,21). The number of benzene rings is 1. The van der Waals surface area contributed by atoms with E-state index in [4.69, 9.17) is 0 Å². The van der Waals surface area contributed by atoms with E-state index in [1.807, 2.05) is 38.1 Å². The smallest absolute Gasteiger partial charge is 0.243 e. The summed E-state index contributed by atoms with van der Waals surface area (Å²) in [5.41, 5.74) is 2.14. The van der Waals surface area contributed by atoms with Crippen molar-refractivity contribution in [2.45, 2.75) is 38.8 Å². The first-order valence-corrected chi connectivity index (χ1v) is 7.37. The highest BCUT2D eigenvalue weighted by atomic mass is 16.2. The number of carbonyl (C=O) groups excluding carboxylic acids is 2. The Kier molecular flexibility index (Phi) is 4.83. The summed E-state index contributed by atoms with van der Waals surface area (Å²) in [6, 6.07) is 7.10. The van der Waals surface area contributed by atoms with E-state index < -0.39 is 6.04 Å². The molecule has 2 amide bonds. The molecule has 0 spiro atoms. The molecule has 5 nitrogen and oxygen atoms in total. The van der Waals surface area contributed by atoms with Gasteiger partial charge in [-0.15, -0.1) is 0 Å². The van der Waals surface area contributed by atoms with Crippen LogP contribution in [0, 0.1) is 5.92 Å². The molecule has 2 atom stereocenters. The van der Waals surface area contributed by atoms with Crippen molar-refractivity contribution >= 4 is 17.5 Å². The van der Waals surface area contributed by atoms with Gasteiger partial charge >= 0.3 is 0 Å². The van der Waals surface area contributed by atoms with Crippen LogP contribution in [0.2, 0.25) is 0 Å². The number of hydrogen-bond donors (Lipinski definition) is 3. The maximum Gasteiger partial charge on any atom is 0.243 e. The van der Waals surface area contributed by atoms with Crippen molar-refractivity contribution in [3.8, 4) is 0 Å². The van der Waals surface area contributed by atoms with E-state index in [1.54, 1.807) is 7.05 Å². The van der Waals surface area contributed by atoms with Gasteiger partial charge in [0.1, 0.15) is 12.1 Å². The molecule has 3 N–H and O–H groups in total. The first kappa shape index (κ1) is 15.4. The third-order valence-corrected chi connectivity index (χ3v) is 3.67. The highest BCUT2D eigenvalue weighted by molar-refractivity contribution is 5.92. The number of hydrogen-bond acceptors (Lipinski definition) is 3. The molecule has 0 aliphatic carbocycles. The van der Waals surface area contributed by atoms with Crippen molar-refractivity contribution in [3.05, 3.63) is 29.8 Å². The van der Waals surface area contributed by atoms with Crippen molar-refractivity contribution in [1.29, 1.82) is 0 Å². The monoisotopic (exact) mass is 289 g/mol. The number of rotatable bonds is 5. The molecule has 0 saturated carbocycles. The molecule has 0 radical (unpaired) electrons. The molecule has 2 rings (SSSR count). The van der Waals surface area contributed by atoms with Gasteiger partial charge in [-0.1, -0.05) is 32.0 Å². The van der Waals surface area contributed by atoms with Gasteiger partial charge in [0, 0.05) is 19.2 Å². The molecule has 1 aliphatic heterocycles. The van der Waals surface area contributed by atoms with Gasteiger partial charge in [0.2, 0.25) is 11.8 Å². The average Bonchev–Trinajstić information content (AvgIpc) is 2.89. The Labute approximate surface area is 125 Å². The summed E-state index contributed by atoms with van der Waals surface area (Å²) < 4.78 is 0. The Balaban J connectivity index is 1.99. The number of likely N-dealkylation sites (N-methyl/N-ethyl adjacent to an activating group) is 1. The molecule has 114 valence electrons. The summed E-state index contributed by atoms with van der Waals surface area (Å²) in [7, 11) is 1.59. The SMILES string of the molecule is CNC(=O)C(CC(C)C)NC(=O)C1Cc2ccccc2N1. The quantitative estimate of drug-likeness (QED) is 0.765. The van der Waals surface area contributed by atoms with Crippen molar-refractivity contribution in [1.82, 2.24) is 10.6 Å². The first-order chi connectivity index (χ1) is 10.0. The van der Waals surface area contributed by atoms with Crippen LogP contribution in [0.15, 0.2) is 24.3 Å². The van der Waals surface area contributed by atoms with Crippen molar-refractivity contribution in [2.24, 2.45) is 5.92 Å². The predicted molar refractivity (Wildman–Crippen MR) is 83.0 cm³/mol. The van der Waals surface area contributed by atoms with Crippen molar-refractivity contribution in [2.75, 3.05) is 12.4 Å². The van der Waals surface area contributed by atoms with Crippen LogP contribution in [0.5, 0.6) is 0 Å². The Morgan fingerprint density at radius 2 is 2.05 bits per heavy atom. The summed E-state index contributed by atoms with van der Waals surface area (Å²) >= 11 is 0. The molecule has 0 fully saturated rings. The van der Waals surface area contributed by atoms with Gasteiger partial charge in [-0.05, 0) is 24.0 Å². The average molecular weight is 289 g/mol. The van der Waals surface area contributed by atoms with E-state index in [-0.39, 0.29) is 17.9 Å². The Bertz CT molecular complexity index is 503. The molecular formula is C16H23N3O2. The lowest BCUT2D eigenvalue weighted by Gasteiger charge is -2.21. The predicted octanol–water partition coefficient (Wildman–Crippen LogP) is 1.30. The molecule has 1 aliphatic rings. The number of para-hydroxylation sites is 1. The number of nitrogens with one attached hydrogen (secondary N) is 3. The van der Waals surface area contributed by atoms with E-state index in [9.17, 15) is 9.59 Å². The Morgan fingerprint density at radius 1 is 1.33 bits per heavy atom. The summed E-state index contributed by atoms with van der Waals surface area (Å²) in [6.07, 6.45) is 1.29. The summed E-state index contributed by atoms with van der Waals surface area (Å²) in [4.78, 5) is 24.2. The molecule has 5 heteroatoms. The summed E-state index contributed by atoms with van der Waals surface area (Å²) in [5, 5.41) is 8.68. The lowest BCUT2D eigenvalue weighted by atomic mass is 10.0. The molecule has 2 unspecified atom stereocenters. The van der Waals surface area contributed by atoms with Crippen LogP contribution >= 0.6 is 0 Å². The van der Waals surface area contributed by atoms with E-state index in [1.165, 1.54) is 0 Å². The Morgan fingerprint density at radius 3 is 2.67 bits per heavy atom. The highest BCUT2D eigenvalue weighted by Gasteiger charge is 2.29. The zero-order valence-electron chi connectivity index (χ0n) is 12.8. The van der Waals surface area contributed by atoms with Crippen LogP contribution in [0.3, 0.4) is 0 Å². The fourth-order valence-corrected chi connectivity index (χ4v) is 2.61. The second kappa shape index (κ2) is 6.61. The van der Waals surface area contributed by atoms with Crippen LogP contribution in [0.1, 0.15) is 25.8 Å². The first-order valence-electron chi connectivity index (χ1n) is 7.37. The molecule has 0 saturated heterocycles. The molecule has 0 aromatic heterocycles. The maximum absolute atomic E-state index is 12.4. The minimum Gasteiger partial charge on any atom is -0.373 e. The molecule has 21 heavy (non-hydrogen) atoms. The zero-order valence-corrected chi connectivity index (χ0v) is 12.8. The lowest BCUT2D eigenvalue weighted by molar-refractivity contribution is -0.129. The lowest BCUT2D eigenvalue weighted by Crippen LogP contribution is -2.50. The van der Waals surface area contributed by atoms with Gasteiger partial charge in [-0.3, -0.25) is 9.59 Å². The van der Waals surface area contributed by atoms with Gasteiger partial charge in [0.05, 0.1) is 0 Å². The van der Waals surface area contributed by atoms with Gasteiger partial charge < -0.3 is 16.0 Å². The molecule has 1 aromatic carbocycles. The van der Waals surface area contributed by atoms with E-state index in [0.717, 1.165) is 11.3 Å². The number of fused-ring (bicyclic) bond motifs is 1. The number of amides is 2. The second-order valence-corrected chi connectivity index (χ2v) is 5.86. The van der Waals surface area contributed by atoms with Gasteiger partial charge in [-0.2, -0.15) is 0 Å². The number of carbonyl (C=O) groups is 2. The second-order valence-electron chi connectivity index (χ2n) is 5.86. The third-order valence-electron chi connectivity index (χ3n) is 3.67. The fraction of sp³-hybridized carbons (Fsp3) is 0.500. The maximum atomic E-state index is 12.4. The largest absolute Gasteiger partial charge is 0.373 e.